The monoisotopic (exact) mass is 1420 g/mol. The van der Waals surface area contributed by atoms with Gasteiger partial charge in [0.2, 0.25) is 0 Å². The highest BCUT2D eigenvalue weighted by molar-refractivity contribution is 7.47. The molecule has 0 heterocycles. The number of hydrogen-bond donors (Lipinski definition) is 3. The lowest BCUT2D eigenvalue weighted by atomic mass is 10.00. The molecule has 0 saturated carbocycles. The van der Waals surface area contributed by atoms with Crippen molar-refractivity contribution in [2.75, 3.05) is 39.6 Å². The molecule has 0 rings (SSSR count). The van der Waals surface area contributed by atoms with Crippen LogP contribution in [0.25, 0.3) is 0 Å². The van der Waals surface area contributed by atoms with Crippen LogP contribution < -0.4 is 0 Å². The van der Waals surface area contributed by atoms with Gasteiger partial charge in [0, 0.05) is 25.7 Å². The van der Waals surface area contributed by atoms with Crippen molar-refractivity contribution in [1.82, 2.24) is 0 Å². The van der Waals surface area contributed by atoms with Gasteiger partial charge in [-0.2, -0.15) is 0 Å². The molecule has 0 spiro atoms. The van der Waals surface area contributed by atoms with Gasteiger partial charge in [-0.3, -0.25) is 37.3 Å². The van der Waals surface area contributed by atoms with E-state index in [1.165, 1.54) is 205 Å². The molecule has 0 aliphatic carbocycles. The first-order valence-electron chi connectivity index (χ1n) is 40.4. The van der Waals surface area contributed by atoms with Crippen LogP contribution in [0.5, 0.6) is 0 Å². The third kappa shape index (κ3) is 70.9. The molecule has 6 atom stereocenters. The summed E-state index contributed by atoms with van der Waals surface area (Å²) in [6.45, 7) is 11.9. The van der Waals surface area contributed by atoms with Gasteiger partial charge in [-0.25, -0.2) is 9.13 Å². The van der Waals surface area contributed by atoms with Gasteiger partial charge in [0.1, 0.15) is 19.3 Å². The average molecular weight is 1420 g/mol. The maximum absolute atomic E-state index is 13.1. The van der Waals surface area contributed by atoms with Gasteiger partial charge in [-0.15, -0.1) is 0 Å². The molecule has 17 nitrogen and oxygen atoms in total. The first-order valence-corrected chi connectivity index (χ1v) is 43.4. The Hall–Kier alpha value is -1.94. The summed E-state index contributed by atoms with van der Waals surface area (Å²) in [4.78, 5) is 72.9. The fourth-order valence-electron chi connectivity index (χ4n) is 11.9. The lowest BCUT2D eigenvalue weighted by Crippen LogP contribution is -2.30. The number of aliphatic hydroxyl groups excluding tert-OH is 1. The summed E-state index contributed by atoms with van der Waals surface area (Å²) in [6, 6.07) is 0. The van der Waals surface area contributed by atoms with Crippen molar-refractivity contribution in [3.63, 3.8) is 0 Å². The summed E-state index contributed by atoms with van der Waals surface area (Å²) in [5.41, 5.74) is 0. The summed E-state index contributed by atoms with van der Waals surface area (Å²) in [7, 11) is -9.92. The molecule has 3 N–H and O–H groups in total. The van der Waals surface area contributed by atoms with E-state index in [0.29, 0.717) is 25.7 Å². The van der Waals surface area contributed by atoms with E-state index in [-0.39, 0.29) is 25.7 Å². The first kappa shape index (κ1) is 95.1. The van der Waals surface area contributed by atoms with Crippen molar-refractivity contribution in [1.29, 1.82) is 0 Å². The lowest BCUT2D eigenvalue weighted by Gasteiger charge is -2.21. The Labute approximate surface area is 594 Å². The van der Waals surface area contributed by atoms with Crippen molar-refractivity contribution in [2.45, 2.75) is 420 Å². The number of carbonyl (C=O) groups excluding carboxylic acids is 4. The standard InChI is InChI=1S/C78H152O17P2/c1-8-10-11-12-13-14-15-16-17-18-19-20-28-33-38-47-54-61-77(82)94-73(65-88-75(80)59-52-45-37-32-27-23-21-25-30-35-42-49-56-69(3)4)67-92-96(84,85)90-63-72(79)64-91-97(86,87)93-68-74(66-89-76(81)60-53-46-41-40-44-51-58-71(7)9-2)95-78(83)62-55-48-39-34-29-24-22-26-31-36-43-50-57-70(5)6/h69-74,79H,8-68H2,1-7H3,(H,84,85)(H,86,87)/t71?,72-,73-,74-/m1/s1. The Morgan fingerprint density at radius 3 is 0.784 bits per heavy atom. The highest BCUT2D eigenvalue weighted by atomic mass is 31.2. The SMILES string of the molecule is CCCCCCCCCCCCCCCCCCCC(=O)O[C@H](COC(=O)CCCCCCCCCCCCCCC(C)C)COP(=O)(O)OC[C@@H](O)COP(=O)(O)OC[C@@H](COC(=O)CCCCCCCCC(C)CC)OC(=O)CCCCCCCCCCCCCCC(C)C. The molecule has 576 valence electrons. The molecule has 0 saturated heterocycles. The molecule has 0 amide bonds. The zero-order chi connectivity index (χ0) is 71.6. The Bertz CT molecular complexity index is 1890. The Morgan fingerprint density at radius 2 is 0.526 bits per heavy atom. The second-order valence-electron chi connectivity index (χ2n) is 29.3. The van der Waals surface area contributed by atoms with Crippen LogP contribution in [0.4, 0.5) is 0 Å². The largest absolute Gasteiger partial charge is 0.472 e. The summed E-state index contributed by atoms with van der Waals surface area (Å²) < 4.78 is 68.6. The normalized spacial score (nSPS) is 14.3. The number of esters is 4. The van der Waals surface area contributed by atoms with Crippen LogP contribution in [0.3, 0.4) is 0 Å². The summed E-state index contributed by atoms with van der Waals surface area (Å²) >= 11 is 0. The van der Waals surface area contributed by atoms with Crippen LogP contribution in [0, 0.1) is 17.8 Å². The minimum atomic E-state index is -4.96. The van der Waals surface area contributed by atoms with Crippen LogP contribution in [0.15, 0.2) is 0 Å². The highest BCUT2D eigenvalue weighted by Crippen LogP contribution is 2.45. The van der Waals surface area contributed by atoms with Gasteiger partial charge < -0.3 is 33.8 Å². The number of carbonyl (C=O) groups is 4. The van der Waals surface area contributed by atoms with Crippen molar-refractivity contribution in [2.24, 2.45) is 17.8 Å². The lowest BCUT2D eigenvalue weighted by molar-refractivity contribution is -0.161. The predicted molar refractivity (Wildman–Crippen MR) is 395 cm³/mol. The van der Waals surface area contributed by atoms with Gasteiger partial charge >= 0.3 is 39.5 Å². The quantitative estimate of drug-likeness (QED) is 0.0222. The number of aliphatic hydroxyl groups is 1. The second kappa shape index (κ2) is 68.5. The van der Waals surface area contributed by atoms with Crippen LogP contribution in [-0.2, 0) is 65.4 Å². The number of phosphoric ester groups is 2. The number of ether oxygens (including phenoxy) is 4. The fourth-order valence-corrected chi connectivity index (χ4v) is 13.5. The van der Waals surface area contributed by atoms with E-state index in [1.54, 1.807) is 0 Å². The fraction of sp³-hybridized carbons (Fsp3) is 0.949. The van der Waals surface area contributed by atoms with Crippen LogP contribution in [0.1, 0.15) is 402 Å². The van der Waals surface area contributed by atoms with Crippen molar-refractivity contribution < 1.29 is 80.2 Å². The Kier molecular flexibility index (Phi) is 67.1. The first-order chi connectivity index (χ1) is 46.8. The van der Waals surface area contributed by atoms with Gasteiger partial charge in [-0.05, 0) is 43.4 Å². The Balaban J connectivity index is 5.26. The Morgan fingerprint density at radius 1 is 0.299 bits per heavy atom. The van der Waals surface area contributed by atoms with E-state index in [4.69, 9.17) is 37.0 Å². The second-order valence-corrected chi connectivity index (χ2v) is 32.2. The van der Waals surface area contributed by atoms with Gasteiger partial charge in [0.05, 0.1) is 26.4 Å². The average Bonchev–Trinajstić information content (AvgIpc) is 1.05. The number of phosphoric acid groups is 2. The molecule has 0 fully saturated rings. The van der Waals surface area contributed by atoms with Gasteiger partial charge in [0.25, 0.3) is 0 Å². The van der Waals surface area contributed by atoms with E-state index in [0.717, 1.165) is 114 Å². The van der Waals surface area contributed by atoms with E-state index in [9.17, 15) is 43.2 Å². The molecule has 0 aliphatic rings. The van der Waals surface area contributed by atoms with E-state index >= 15 is 0 Å². The molecule has 0 bridgehead atoms. The third-order valence-corrected chi connectivity index (χ3v) is 20.4. The molecule has 0 radical (unpaired) electrons. The molecule has 3 unspecified atom stereocenters. The molecule has 0 aromatic heterocycles. The molecule has 19 heteroatoms. The van der Waals surface area contributed by atoms with Crippen molar-refractivity contribution in [3.05, 3.63) is 0 Å². The van der Waals surface area contributed by atoms with E-state index in [2.05, 4.69) is 48.5 Å². The maximum atomic E-state index is 13.1. The highest BCUT2D eigenvalue weighted by Gasteiger charge is 2.30. The van der Waals surface area contributed by atoms with Gasteiger partial charge in [0.15, 0.2) is 12.2 Å². The predicted octanol–water partition coefficient (Wildman–Crippen LogP) is 23.0. The van der Waals surface area contributed by atoms with Crippen molar-refractivity contribution >= 4 is 39.5 Å². The van der Waals surface area contributed by atoms with E-state index < -0.39 is 97.5 Å². The summed E-state index contributed by atoms with van der Waals surface area (Å²) in [6.07, 6.45) is 55.4. The maximum Gasteiger partial charge on any atom is 0.472 e. The minimum Gasteiger partial charge on any atom is -0.462 e. The van der Waals surface area contributed by atoms with Crippen molar-refractivity contribution in [3.8, 4) is 0 Å². The third-order valence-electron chi connectivity index (χ3n) is 18.5. The van der Waals surface area contributed by atoms with E-state index in [1.807, 2.05) is 0 Å². The summed E-state index contributed by atoms with van der Waals surface area (Å²) in [5.74, 6) is 0.174. The number of rotatable bonds is 76. The molecule has 0 aromatic rings. The minimum absolute atomic E-state index is 0.106. The zero-order valence-corrected chi connectivity index (χ0v) is 65.3. The topological polar surface area (TPSA) is 237 Å². The summed E-state index contributed by atoms with van der Waals surface area (Å²) in [5, 5.41) is 10.6. The number of hydrogen-bond acceptors (Lipinski definition) is 15. The molecular formula is C78H152O17P2. The van der Waals surface area contributed by atoms with Gasteiger partial charge in [-0.1, -0.05) is 350 Å². The molecule has 97 heavy (non-hydrogen) atoms. The smallest absolute Gasteiger partial charge is 0.462 e. The van der Waals surface area contributed by atoms with Crippen LogP contribution in [-0.4, -0.2) is 96.7 Å². The molecule has 0 aliphatic heterocycles. The molecular weight excluding hydrogens is 1270 g/mol. The van der Waals surface area contributed by atoms with Crippen LogP contribution in [0.2, 0.25) is 0 Å². The number of unbranched alkanes of at least 4 members (excludes halogenated alkanes) is 43. The zero-order valence-electron chi connectivity index (χ0n) is 63.5. The van der Waals surface area contributed by atoms with Crippen LogP contribution >= 0.6 is 15.6 Å². The molecule has 0 aromatic carbocycles.